The van der Waals surface area contributed by atoms with Gasteiger partial charge in [0, 0.05) is 29.5 Å². The van der Waals surface area contributed by atoms with Crippen molar-refractivity contribution in [3.05, 3.63) is 81.8 Å². The predicted octanol–water partition coefficient (Wildman–Crippen LogP) is 3.46. The number of non-ortho nitro benzene ring substituents is 1. The van der Waals surface area contributed by atoms with Gasteiger partial charge in [0.15, 0.2) is 5.82 Å². The Labute approximate surface area is 166 Å². The molecule has 0 aliphatic carbocycles. The second kappa shape index (κ2) is 7.21. The maximum Gasteiger partial charge on any atom is 0.269 e. The molecule has 1 saturated heterocycles. The summed E-state index contributed by atoms with van der Waals surface area (Å²) in [4.78, 5) is 21.5. The molecule has 0 saturated carbocycles. The molecule has 0 bridgehead atoms. The predicted molar refractivity (Wildman–Crippen MR) is 106 cm³/mol. The number of nitrogens with zero attached hydrogens (tertiary/aromatic N) is 4. The average Bonchev–Trinajstić information content (AvgIpc) is 2.71. The summed E-state index contributed by atoms with van der Waals surface area (Å²) in [7, 11) is 0. The minimum Gasteiger partial charge on any atom is -0.381 e. The van der Waals surface area contributed by atoms with Gasteiger partial charge in [-0.25, -0.2) is 14.4 Å². The molecule has 1 aliphatic rings. The van der Waals surface area contributed by atoms with E-state index in [1.807, 2.05) is 17.9 Å². The lowest BCUT2D eigenvalue weighted by Gasteiger charge is -2.47. The van der Waals surface area contributed by atoms with Crippen molar-refractivity contribution in [2.75, 3.05) is 18.0 Å². The number of aromatic nitrogens is 2. The van der Waals surface area contributed by atoms with E-state index in [9.17, 15) is 19.6 Å². The van der Waals surface area contributed by atoms with E-state index in [2.05, 4.69) is 9.97 Å². The summed E-state index contributed by atoms with van der Waals surface area (Å²) in [6.07, 6.45) is 0.700. The molecular weight excluding hydrogens is 375 g/mol. The van der Waals surface area contributed by atoms with Crippen molar-refractivity contribution < 1.29 is 14.4 Å². The largest absolute Gasteiger partial charge is 0.381 e. The van der Waals surface area contributed by atoms with Crippen LogP contribution in [0.25, 0.3) is 11.4 Å². The van der Waals surface area contributed by atoms with Gasteiger partial charge in [-0.2, -0.15) is 0 Å². The smallest absolute Gasteiger partial charge is 0.269 e. The Morgan fingerprint density at radius 1 is 1.14 bits per heavy atom. The molecule has 0 radical (unpaired) electrons. The Kier molecular flexibility index (Phi) is 4.71. The molecule has 0 unspecified atom stereocenters. The Morgan fingerprint density at radius 2 is 1.79 bits per heavy atom. The molecule has 7 nitrogen and oxygen atoms in total. The topological polar surface area (TPSA) is 92.4 Å². The van der Waals surface area contributed by atoms with Crippen molar-refractivity contribution in [1.29, 1.82) is 0 Å². The average molecular weight is 394 g/mol. The van der Waals surface area contributed by atoms with E-state index in [0.29, 0.717) is 42.3 Å². The molecule has 4 rings (SSSR count). The molecule has 8 heteroatoms. The Morgan fingerprint density at radius 3 is 2.38 bits per heavy atom. The van der Waals surface area contributed by atoms with Crippen LogP contribution in [0.4, 0.5) is 15.9 Å². The first-order valence-corrected chi connectivity index (χ1v) is 9.24. The summed E-state index contributed by atoms with van der Waals surface area (Å²) in [5.41, 5.74) is 1.13. The highest BCUT2D eigenvalue weighted by atomic mass is 19.1. The van der Waals surface area contributed by atoms with Crippen LogP contribution in [0.3, 0.4) is 0 Å². The van der Waals surface area contributed by atoms with Crippen LogP contribution in [0.2, 0.25) is 0 Å². The van der Waals surface area contributed by atoms with Gasteiger partial charge in [-0.15, -0.1) is 0 Å². The van der Waals surface area contributed by atoms with Crippen LogP contribution in [0.15, 0.2) is 54.6 Å². The third-order valence-corrected chi connectivity index (χ3v) is 5.07. The normalized spacial score (nSPS) is 15.1. The fraction of sp³-hybridized carbons (Fsp3) is 0.238. The highest BCUT2D eigenvalue weighted by Gasteiger charge is 2.43. The molecule has 0 spiro atoms. The quantitative estimate of drug-likeness (QED) is 0.526. The summed E-state index contributed by atoms with van der Waals surface area (Å²) in [6.45, 7) is 2.65. The maximum absolute atomic E-state index is 13.2. The van der Waals surface area contributed by atoms with Gasteiger partial charge in [-0.1, -0.05) is 19.1 Å². The highest BCUT2D eigenvalue weighted by Crippen LogP contribution is 2.35. The Hall–Kier alpha value is -3.39. The first-order valence-electron chi connectivity index (χ1n) is 9.24. The molecule has 0 amide bonds. The second-order valence-corrected chi connectivity index (χ2v) is 7.09. The zero-order valence-corrected chi connectivity index (χ0v) is 15.7. The van der Waals surface area contributed by atoms with Crippen LogP contribution in [-0.2, 0) is 12.0 Å². The van der Waals surface area contributed by atoms with Crippen LogP contribution >= 0.6 is 0 Å². The fourth-order valence-electron chi connectivity index (χ4n) is 3.38. The second-order valence-electron chi connectivity index (χ2n) is 7.09. The molecule has 1 N–H and O–H groups in total. The number of hydrogen-bond donors (Lipinski definition) is 1. The number of benzene rings is 2. The van der Waals surface area contributed by atoms with Crippen molar-refractivity contribution in [3.63, 3.8) is 0 Å². The minimum absolute atomic E-state index is 0.00715. The maximum atomic E-state index is 13.2. The summed E-state index contributed by atoms with van der Waals surface area (Å²) in [5, 5.41) is 21.7. The third kappa shape index (κ3) is 3.66. The summed E-state index contributed by atoms with van der Waals surface area (Å²) in [6, 6.07) is 13.8. The monoisotopic (exact) mass is 394 g/mol. The first-order chi connectivity index (χ1) is 13.9. The van der Waals surface area contributed by atoms with Gasteiger partial charge >= 0.3 is 0 Å². The number of hydrogen-bond acceptors (Lipinski definition) is 6. The number of nitro groups is 1. The van der Waals surface area contributed by atoms with Crippen molar-refractivity contribution in [3.8, 4) is 11.4 Å². The molecular formula is C21H19FN4O3. The summed E-state index contributed by atoms with van der Waals surface area (Å²) < 4.78 is 13.2. The van der Waals surface area contributed by atoms with E-state index < -0.39 is 10.5 Å². The van der Waals surface area contributed by atoms with Crippen LogP contribution in [0.1, 0.15) is 18.2 Å². The lowest BCUT2D eigenvalue weighted by Crippen LogP contribution is -2.60. The van der Waals surface area contributed by atoms with Crippen molar-refractivity contribution in [2.45, 2.75) is 18.9 Å². The number of nitro benzene ring substituents is 1. The lowest BCUT2D eigenvalue weighted by molar-refractivity contribution is -0.384. The lowest BCUT2D eigenvalue weighted by atomic mass is 9.86. The molecule has 29 heavy (non-hydrogen) atoms. The van der Waals surface area contributed by atoms with Gasteiger partial charge in [-0.3, -0.25) is 10.1 Å². The van der Waals surface area contributed by atoms with Crippen molar-refractivity contribution in [2.24, 2.45) is 0 Å². The zero-order valence-electron chi connectivity index (χ0n) is 15.7. The summed E-state index contributed by atoms with van der Waals surface area (Å²) >= 11 is 0. The van der Waals surface area contributed by atoms with Crippen molar-refractivity contribution >= 4 is 11.5 Å². The molecule has 2 heterocycles. The van der Waals surface area contributed by atoms with E-state index in [1.165, 1.54) is 24.3 Å². The first kappa shape index (κ1) is 18.9. The standard InChI is InChI=1S/C21H19FN4O3/c1-2-17-11-19(24-20(23-17)14-3-9-18(10-4-14)26(28)29)25-12-21(27,13-25)15-5-7-16(22)8-6-15/h3-11,27H,2,12-13H2,1H3. The third-order valence-electron chi connectivity index (χ3n) is 5.07. The number of β-amino-alcohol motifs (C(OH)–C–C–N with tert-alkyl or cyclic N) is 1. The molecule has 1 aliphatic heterocycles. The van der Waals surface area contributed by atoms with Gasteiger partial charge in [0.05, 0.1) is 18.0 Å². The van der Waals surface area contributed by atoms with Gasteiger partial charge in [-0.05, 0) is 36.2 Å². The Balaban J connectivity index is 1.59. The number of aryl methyl sites for hydroxylation is 1. The van der Waals surface area contributed by atoms with E-state index >= 15 is 0 Å². The molecule has 1 aromatic heterocycles. The number of rotatable bonds is 5. The number of aliphatic hydroxyl groups is 1. The van der Waals surface area contributed by atoms with E-state index in [4.69, 9.17) is 0 Å². The van der Waals surface area contributed by atoms with Crippen LogP contribution in [-0.4, -0.2) is 33.1 Å². The van der Waals surface area contributed by atoms with E-state index in [0.717, 1.165) is 5.69 Å². The van der Waals surface area contributed by atoms with Crippen molar-refractivity contribution in [1.82, 2.24) is 9.97 Å². The molecule has 2 aromatic carbocycles. The molecule has 1 fully saturated rings. The Bertz CT molecular complexity index is 1050. The van der Waals surface area contributed by atoms with Crippen LogP contribution < -0.4 is 4.90 Å². The molecule has 0 atom stereocenters. The minimum atomic E-state index is -1.06. The highest BCUT2D eigenvalue weighted by molar-refractivity contribution is 5.60. The number of halogens is 1. The molecule has 3 aromatic rings. The van der Waals surface area contributed by atoms with Gasteiger partial charge in [0.25, 0.3) is 5.69 Å². The zero-order chi connectivity index (χ0) is 20.6. The van der Waals surface area contributed by atoms with E-state index in [-0.39, 0.29) is 11.5 Å². The van der Waals surface area contributed by atoms with Crippen LogP contribution in [0, 0.1) is 15.9 Å². The van der Waals surface area contributed by atoms with Gasteiger partial charge in [0.2, 0.25) is 0 Å². The summed E-state index contributed by atoms with van der Waals surface area (Å²) in [5.74, 6) is 0.813. The molecule has 148 valence electrons. The van der Waals surface area contributed by atoms with Gasteiger partial charge in [0.1, 0.15) is 17.2 Å². The SMILES string of the molecule is CCc1cc(N2CC(O)(c3ccc(F)cc3)C2)nc(-c2ccc([N+](=O)[O-])cc2)n1. The van der Waals surface area contributed by atoms with Crippen LogP contribution in [0.5, 0.6) is 0 Å². The number of anilines is 1. The van der Waals surface area contributed by atoms with E-state index in [1.54, 1.807) is 24.3 Å². The fourth-order valence-corrected chi connectivity index (χ4v) is 3.38. The van der Waals surface area contributed by atoms with Gasteiger partial charge < -0.3 is 10.0 Å².